The van der Waals surface area contributed by atoms with Gasteiger partial charge in [-0.15, -0.1) is 0 Å². The number of nitrogens with zero attached hydrogens (tertiary/aromatic N) is 4. The lowest BCUT2D eigenvalue weighted by molar-refractivity contribution is 0.315. The number of rotatable bonds is 2. The quantitative estimate of drug-likeness (QED) is 0.713. The lowest BCUT2D eigenvalue weighted by Gasteiger charge is -2.05. The first-order valence-corrected chi connectivity index (χ1v) is 5.60. The van der Waals surface area contributed by atoms with Crippen molar-refractivity contribution in [2.45, 2.75) is 0 Å². The summed E-state index contributed by atoms with van der Waals surface area (Å²) in [4.78, 5) is 3.98. The van der Waals surface area contributed by atoms with Gasteiger partial charge in [-0.25, -0.2) is 9.61 Å². The van der Waals surface area contributed by atoms with Crippen LogP contribution in [0.1, 0.15) is 5.56 Å². The molecule has 0 aliphatic rings. The van der Waals surface area contributed by atoms with Gasteiger partial charge in [0.15, 0.2) is 0 Å². The van der Waals surface area contributed by atoms with E-state index in [2.05, 4.69) is 19.9 Å². The van der Waals surface area contributed by atoms with Crippen LogP contribution >= 0.6 is 11.6 Å². The number of benzene rings is 1. The standard InChI is InChI=1S/C12H5ClN4O2/c13-8-3-7(5-14)12(15-6-8)18-9-1-2-10-11(4-9)17-19-16-10/h1-4,6H. The van der Waals surface area contributed by atoms with Crippen molar-refractivity contribution in [2.75, 3.05) is 0 Å². The first-order chi connectivity index (χ1) is 9.26. The van der Waals surface area contributed by atoms with Crippen molar-refractivity contribution in [1.29, 1.82) is 5.26 Å². The van der Waals surface area contributed by atoms with E-state index in [0.29, 0.717) is 21.8 Å². The van der Waals surface area contributed by atoms with Crippen LogP contribution in [0.2, 0.25) is 5.02 Å². The number of fused-ring (bicyclic) bond motifs is 1. The Balaban J connectivity index is 1.98. The second-order valence-electron chi connectivity index (χ2n) is 3.63. The Kier molecular flexibility index (Phi) is 2.74. The summed E-state index contributed by atoms with van der Waals surface area (Å²) in [5, 5.41) is 16.8. The van der Waals surface area contributed by atoms with Crippen molar-refractivity contribution in [2.24, 2.45) is 0 Å². The largest absolute Gasteiger partial charge is 0.438 e. The lowest BCUT2D eigenvalue weighted by Crippen LogP contribution is -1.91. The van der Waals surface area contributed by atoms with Crippen molar-refractivity contribution in [3.63, 3.8) is 0 Å². The third-order valence-electron chi connectivity index (χ3n) is 2.38. The molecule has 0 bridgehead atoms. The van der Waals surface area contributed by atoms with Gasteiger partial charge in [-0.05, 0) is 28.5 Å². The Labute approximate surface area is 112 Å². The number of halogens is 1. The molecule has 0 atom stereocenters. The smallest absolute Gasteiger partial charge is 0.237 e. The zero-order valence-corrected chi connectivity index (χ0v) is 10.1. The van der Waals surface area contributed by atoms with Gasteiger partial charge in [-0.1, -0.05) is 11.6 Å². The van der Waals surface area contributed by atoms with E-state index in [9.17, 15) is 0 Å². The molecule has 2 heterocycles. The molecule has 0 unspecified atom stereocenters. The summed E-state index contributed by atoms with van der Waals surface area (Å²) in [5.41, 5.74) is 1.44. The zero-order valence-electron chi connectivity index (χ0n) is 9.37. The van der Waals surface area contributed by atoms with Crippen molar-refractivity contribution < 1.29 is 9.37 Å². The number of hydrogen-bond acceptors (Lipinski definition) is 6. The summed E-state index contributed by atoms with van der Waals surface area (Å²) in [6.45, 7) is 0. The van der Waals surface area contributed by atoms with Crippen LogP contribution in [0, 0.1) is 11.3 Å². The molecular weight excluding hydrogens is 268 g/mol. The van der Waals surface area contributed by atoms with Gasteiger partial charge in [0, 0.05) is 12.3 Å². The zero-order chi connectivity index (χ0) is 13.2. The Morgan fingerprint density at radius 3 is 2.89 bits per heavy atom. The van der Waals surface area contributed by atoms with E-state index in [4.69, 9.17) is 21.6 Å². The first kappa shape index (κ1) is 11.4. The van der Waals surface area contributed by atoms with Gasteiger partial charge in [-0.3, -0.25) is 0 Å². The van der Waals surface area contributed by atoms with Gasteiger partial charge in [0.05, 0.1) is 5.02 Å². The van der Waals surface area contributed by atoms with Crippen molar-refractivity contribution in [1.82, 2.24) is 15.3 Å². The van der Waals surface area contributed by atoms with Gasteiger partial charge >= 0.3 is 0 Å². The maximum atomic E-state index is 8.99. The maximum Gasteiger partial charge on any atom is 0.237 e. The first-order valence-electron chi connectivity index (χ1n) is 5.22. The Bertz CT molecular complexity index is 794. The van der Waals surface area contributed by atoms with E-state index in [1.165, 1.54) is 12.3 Å². The molecule has 7 heteroatoms. The fourth-order valence-electron chi connectivity index (χ4n) is 1.53. The molecule has 3 aromatic rings. The molecule has 0 saturated heterocycles. The fraction of sp³-hybridized carbons (Fsp3) is 0. The molecule has 0 fully saturated rings. The van der Waals surface area contributed by atoms with Gasteiger partial charge < -0.3 is 4.74 Å². The molecule has 19 heavy (non-hydrogen) atoms. The third-order valence-corrected chi connectivity index (χ3v) is 2.58. The molecule has 3 rings (SSSR count). The number of hydrogen-bond donors (Lipinski definition) is 0. The molecule has 0 saturated carbocycles. The van der Waals surface area contributed by atoms with Gasteiger partial charge in [0.2, 0.25) is 5.88 Å². The predicted octanol–water partition coefficient (Wildman–Crippen LogP) is 2.94. The van der Waals surface area contributed by atoms with Gasteiger partial charge in [-0.2, -0.15) is 5.26 Å². The van der Waals surface area contributed by atoms with Crippen LogP contribution in [-0.4, -0.2) is 15.3 Å². The second-order valence-corrected chi connectivity index (χ2v) is 4.07. The fourth-order valence-corrected chi connectivity index (χ4v) is 1.68. The van der Waals surface area contributed by atoms with E-state index in [-0.39, 0.29) is 11.4 Å². The highest BCUT2D eigenvalue weighted by Gasteiger charge is 2.09. The van der Waals surface area contributed by atoms with Crippen LogP contribution in [-0.2, 0) is 0 Å². The van der Waals surface area contributed by atoms with Crippen LogP contribution in [0.25, 0.3) is 11.0 Å². The van der Waals surface area contributed by atoms with Gasteiger partial charge in [0.1, 0.15) is 28.4 Å². The van der Waals surface area contributed by atoms with Crippen molar-refractivity contribution in [3.8, 4) is 17.7 Å². The van der Waals surface area contributed by atoms with Crippen LogP contribution in [0.15, 0.2) is 35.1 Å². The average Bonchev–Trinajstić information content (AvgIpc) is 2.88. The van der Waals surface area contributed by atoms with E-state index in [1.54, 1.807) is 18.2 Å². The molecule has 2 aromatic heterocycles. The summed E-state index contributed by atoms with van der Waals surface area (Å²) in [7, 11) is 0. The molecule has 1 aromatic carbocycles. The molecule has 6 nitrogen and oxygen atoms in total. The molecule has 0 aliphatic heterocycles. The van der Waals surface area contributed by atoms with Crippen LogP contribution in [0.4, 0.5) is 0 Å². The summed E-state index contributed by atoms with van der Waals surface area (Å²) < 4.78 is 10.1. The Morgan fingerprint density at radius 1 is 1.21 bits per heavy atom. The third kappa shape index (κ3) is 2.19. The normalized spacial score (nSPS) is 10.3. The van der Waals surface area contributed by atoms with E-state index >= 15 is 0 Å². The second kappa shape index (κ2) is 4.55. The highest BCUT2D eigenvalue weighted by Crippen LogP contribution is 2.26. The summed E-state index contributed by atoms with van der Waals surface area (Å²) >= 11 is 5.76. The van der Waals surface area contributed by atoms with E-state index < -0.39 is 0 Å². The minimum Gasteiger partial charge on any atom is -0.438 e. The molecule has 0 spiro atoms. The molecular formula is C12H5ClN4O2. The molecule has 92 valence electrons. The highest BCUT2D eigenvalue weighted by atomic mass is 35.5. The monoisotopic (exact) mass is 272 g/mol. The van der Waals surface area contributed by atoms with Crippen molar-refractivity contribution >= 4 is 22.6 Å². The number of nitriles is 1. The molecule has 0 amide bonds. The van der Waals surface area contributed by atoms with Crippen LogP contribution in [0.3, 0.4) is 0 Å². The maximum absolute atomic E-state index is 8.99. The van der Waals surface area contributed by atoms with E-state index in [1.807, 2.05) is 6.07 Å². The Hall–Kier alpha value is -2.65. The summed E-state index contributed by atoms with van der Waals surface area (Å²) in [6, 6.07) is 8.48. The minimum absolute atomic E-state index is 0.183. The lowest BCUT2D eigenvalue weighted by atomic mass is 10.3. The van der Waals surface area contributed by atoms with Crippen LogP contribution < -0.4 is 4.74 Å². The molecule has 0 N–H and O–H groups in total. The number of pyridine rings is 1. The molecule has 0 aliphatic carbocycles. The molecule has 0 radical (unpaired) electrons. The number of ether oxygens (including phenoxy) is 1. The van der Waals surface area contributed by atoms with Crippen LogP contribution in [0.5, 0.6) is 11.6 Å². The predicted molar refractivity (Wildman–Crippen MR) is 65.8 cm³/mol. The highest BCUT2D eigenvalue weighted by molar-refractivity contribution is 6.30. The summed E-state index contributed by atoms with van der Waals surface area (Å²) in [5.74, 6) is 0.664. The Morgan fingerprint density at radius 2 is 2.05 bits per heavy atom. The van der Waals surface area contributed by atoms with Crippen molar-refractivity contribution in [3.05, 3.63) is 41.0 Å². The average molecular weight is 273 g/mol. The van der Waals surface area contributed by atoms with E-state index in [0.717, 1.165) is 0 Å². The minimum atomic E-state index is 0.183. The SMILES string of the molecule is N#Cc1cc(Cl)cnc1Oc1ccc2nonc2c1. The number of aromatic nitrogens is 3. The topological polar surface area (TPSA) is 84.8 Å². The summed E-state index contributed by atoms with van der Waals surface area (Å²) in [6.07, 6.45) is 1.41. The van der Waals surface area contributed by atoms with Gasteiger partial charge in [0.25, 0.3) is 0 Å².